The van der Waals surface area contributed by atoms with Crippen LogP contribution < -0.4 is 4.90 Å². The van der Waals surface area contributed by atoms with Crippen LogP contribution in [0.25, 0.3) is 0 Å². The first-order chi connectivity index (χ1) is 9.88. The maximum Gasteiger partial charge on any atom is 0.132 e. The molecule has 0 aromatic carbocycles. The summed E-state index contributed by atoms with van der Waals surface area (Å²) in [6.45, 7) is 4.23. The first-order valence-corrected chi connectivity index (χ1v) is 7.64. The molecule has 0 spiro atoms. The summed E-state index contributed by atoms with van der Waals surface area (Å²) in [6, 6.07) is 3.40. The van der Waals surface area contributed by atoms with Crippen LogP contribution in [-0.2, 0) is 4.74 Å². The Morgan fingerprint density at radius 3 is 2.60 bits per heavy atom. The Labute approximate surface area is 121 Å². The maximum absolute atomic E-state index is 5.17. The fraction of sp³-hybridized carbons (Fsp3) is 0.733. The third kappa shape index (κ3) is 3.27. The van der Waals surface area contributed by atoms with Crippen molar-refractivity contribution in [1.29, 1.82) is 0 Å². The van der Waals surface area contributed by atoms with Gasteiger partial charge < -0.3 is 14.5 Å². The summed E-state index contributed by atoms with van der Waals surface area (Å²) < 4.78 is 5.17. The number of anilines is 1. The van der Waals surface area contributed by atoms with Crippen LogP contribution in [0, 0.1) is 0 Å². The quantitative estimate of drug-likeness (QED) is 0.788. The van der Waals surface area contributed by atoms with Crippen LogP contribution in [0.5, 0.6) is 0 Å². The molecule has 110 valence electrons. The molecule has 1 aromatic rings. The van der Waals surface area contributed by atoms with Gasteiger partial charge in [0.05, 0.1) is 6.61 Å². The highest BCUT2D eigenvalue weighted by Gasteiger charge is 2.36. The fourth-order valence-electron chi connectivity index (χ4n) is 3.10. The topological polar surface area (TPSA) is 41.5 Å². The van der Waals surface area contributed by atoms with E-state index < -0.39 is 0 Å². The number of aromatic nitrogens is 2. The first kappa shape index (κ1) is 13.8. The molecule has 2 aliphatic rings. The average Bonchev–Trinajstić information content (AvgIpc) is 3.33. The zero-order valence-electron chi connectivity index (χ0n) is 12.2. The lowest BCUT2D eigenvalue weighted by atomic mass is 10.0. The molecule has 5 heteroatoms. The third-order valence-corrected chi connectivity index (χ3v) is 4.33. The highest BCUT2D eigenvalue weighted by molar-refractivity contribution is 5.41. The molecule has 20 heavy (non-hydrogen) atoms. The molecule has 1 saturated heterocycles. The van der Waals surface area contributed by atoms with E-state index >= 15 is 0 Å². The van der Waals surface area contributed by atoms with Crippen molar-refractivity contribution in [3.8, 4) is 0 Å². The number of hydrogen-bond acceptors (Lipinski definition) is 5. The molecule has 0 atom stereocenters. The minimum Gasteiger partial charge on any atom is -0.383 e. The van der Waals surface area contributed by atoms with Gasteiger partial charge in [0.1, 0.15) is 12.1 Å². The highest BCUT2D eigenvalue weighted by atomic mass is 16.5. The average molecular weight is 276 g/mol. The van der Waals surface area contributed by atoms with Gasteiger partial charge in [-0.25, -0.2) is 9.97 Å². The first-order valence-electron chi connectivity index (χ1n) is 7.64. The lowest BCUT2D eigenvalue weighted by molar-refractivity contribution is 0.129. The Morgan fingerprint density at radius 2 is 2.00 bits per heavy atom. The van der Waals surface area contributed by atoms with Gasteiger partial charge in [-0.05, 0) is 31.7 Å². The summed E-state index contributed by atoms with van der Waals surface area (Å²) in [4.78, 5) is 13.6. The van der Waals surface area contributed by atoms with Crippen molar-refractivity contribution in [2.45, 2.75) is 37.8 Å². The summed E-state index contributed by atoms with van der Waals surface area (Å²) in [7, 11) is 1.77. The Kier molecular flexibility index (Phi) is 4.47. The Bertz CT molecular complexity index is 402. The third-order valence-electron chi connectivity index (χ3n) is 4.33. The predicted octanol–water partition coefficient (Wildman–Crippen LogP) is 1.56. The van der Waals surface area contributed by atoms with E-state index in [1.165, 1.54) is 38.8 Å². The maximum atomic E-state index is 5.17. The molecular formula is C15H24N4O. The molecule has 1 saturated carbocycles. The van der Waals surface area contributed by atoms with Crippen LogP contribution in [0.2, 0.25) is 0 Å². The van der Waals surface area contributed by atoms with Gasteiger partial charge in [0.15, 0.2) is 0 Å². The number of likely N-dealkylation sites (tertiary alicyclic amines) is 1. The van der Waals surface area contributed by atoms with Crippen LogP contribution in [0.1, 0.15) is 25.7 Å². The second-order valence-corrected chi connectivity index (χ2v) is 5.77. The van der Waals surface area contributed by atoms with E-state index in [0.29, 0.717) is 12.1 Å². The fourth-order valence-corrected chi connectivity index (χ4v) is 3.10. The van der Waals surface area contributed by atoms with Crippen LogP contribution in [0.4, 0.5) is 5.82 Å². The summed E-state index contributed by atoms with van der Waals surface area (Å²) >= 11 is 0. The Hall–Kier alpha value is -1.20. The predicted molar refractivity (Wildman–Crippen MR) is 78.9 cm³/mol. The van der Waals surface area contributed by atoms with Crippen LogP contribution >= 0.6 is 0 Å². The molecule has 5 nitrogen and oxygen atoms in total. The van der Waals surface area contributed by atoms with Gasteiger partial charge >= 0.3 is 0 Å². The monoisotopic (exact) mass is 276 g/mol. The SMILES string of the molecule is COCCN1CCC(N(c2ccncn2)C2CC2)CC1. The lowest BCUT2D eigenvalue weighted by Crippen LogP contribution is -2.47. The molecule has 0 bridgehead atoms. The Morgan fingerprint density at radius 1 is 1.25 bits per heavy atom. The number of nitrogens with zero attached hydrogens (tertiary/aromatic N) is 4. The van der Waals surface area contributed by atoms with Gasteiger partial charge in [-0.2, -0.15) is 0 Å². The molecular weight excluding hydrogens is 252 g/mol. The number of ether oxygens (including phenoxy) is 1. The molecule has 1 aliphatic carbocycles. The smallest absolute Gasteiger partial charge is 0.132 e. The van der Waals surface area contributed by atoms with Gasteiger partial charge in [0.25, 0.3) is 0 Å². The molecule has 3 rings (SSSR count). The van der Waals surface area contributed by atoms with Gasteiger partial charge in [-0.1, -0.05) is 0 Å². The van der Waals surface area contributed by atoms with E-state index in [9.17, 15) is 0 Å². The largest absolute Gasteiger partial charge is 0.383 e. The van der Waals surface area contributed by atoms with E-state index in [4.69, 9.17) is 4.74 Å². The lowest BCUT2D eigenvalue weighted by Gasteiger charge is -2.39. The minimum absolute atomic E-state index is 0.635. The molecule has 2 fully saturated rings. The van der Waals surface area contributed by atoms with Crippen molar-refractivity contribution in [3.05, 3.63) is 18.6 Å². The van der Waals surface area contributed by atoms with E-state index in [1.54, 1.807) is 13.4 Å². The van der Waals surface area contributed by atoms with Crippen molar-refractivity contribution in [3.63, 3.8) is 0 Å². The van der Waals surface area contributed by atoms with Crippen LogP contribution in [0.15, 0.2) is 18.6 Å². The van der Waals surface area contributed by atoms with Crippen molar-refractivity contribution in [2.24, 2.45) is 0 Å². The van der Waals surface area contributed by atoms with E-state index in [1.807, 2.05) is 6.20 Å². The number of piperidine rings is 1. The van der Waals surface area contributed by atoms with Gasteiger partial charge in [0, 0.05) is 45.0 Å². The number of rotatable bonds is 6. The zero-order valence-corrected chi connectivity index (χ0v) is 12.2. The van der Waals surface area contributed by atoms with Crippen molar-refractivity contribution >= 4 is 5.82 Å². The van der Waals surface area contributed by atoms with Crippen LogP contribution in [0.3, 0.4) is 0 Å². The summed E-state index contributed by atoms with van der Waals surface area (Å²) in [5.74, 6) is 1.11. The van der Waals surface area contributed by atoms with E-state index in [-0.39, 0.29) is 0 Å². The molecule has 1 aliphatic heterocycles. The van der Waals surface area contributed by atoms with Gasteiger partial charge in [0.2, 0.25) is 0 Å². The molecule has 0 amide bonds. The molecule has 0 radical (unpaired) electrons. The molecule has 1 aromatic heterocycles. The van der Waals surface area contributed by atoms with Gasteiger partial charge in [-0.15, -0.1) is 0 Å². The standard InChI is InChI=1S/C15H24N4O/c1-20-11-10-18-8-5-14(6-9-18)19(13-2-3-13)15-4-7-16-12-17-15/h4,7,12-14H,2-3,5-6,8-11H2,1H3. The van der Waals surface area contributed by atoms with E-state index in [2.05, 4.69) is 25.8 Å². The Balaban J connectivity index is 1.60. The number of hydrogen-bond donors (Lipinski definition) is 0. The van der Waals surface area contributed by atoms with Crippen molar-refractivity contribution in [1.82, 2.24) is 14.9 Å². The number of methoxy groups -OCH3 is 1. The molecule has 2 heterocycles. The molecule has 0 unspecified atom stereocenters. The van der Waals surface area contributed by atoms with Crippen molar-refractivity contribution < 1.29 is 4.74 Å². The highest BCUT2D eigenvalue weighted by Crippen LogP contribution is 2.34. The zero-order chi connectivity index (χ0) is 13.8. The summed E-state index contributed by atoms with van der Waals surface area (Å²) in [5.41, 5.74) is 0. The second kappa shape index (κ2) is 6.50. The van der Waals surface area contributed by atoms with Gasteiger partial charge in [-0.3, -0.25) is 0 Å². The summed E-state index contributed by atoms with van der Waals surface area (Å²) in [6.07, 6.45) is 8.60. The normalized spacial score (nSPS) is 21.1. The second-order valence-electron chi connectivity index (χ2n) is 5.77. The molecule has 0 N–H and O–H groups in total. The van der Waals surface area contributed by atoms with Crippen molar-refractivity contribution in [2.75, 3.05) is 38.3 Å². The van der Waals surface area contributed by atoms with E-state index in [0.717, 1.165) is 19.0 Å². The minimum atomic E-state index is 0.635. The summed E-state index contributed by atoms with van der Waals surface area (Å²) in [5, 5.41) is 0. The van der Waals surface area contributed by atoms with Crippen LogP contribution in [-0.4, -0.2) is 60.3 Å².